The lowest BCUT2D eigenvalue weighted by molar-refractivity contribution is -0.368. The van der Waals surface area contributed by atoms with Crippen molar-refractivity contribution in [2.24, 2.45) is 11.8 Å². The Bertz CT molecular complexity index is 1540. The molecule has 3 aliphatic rings. The van der Waals surface area contributed by atoms with E-state index in [4.69, 9.17) is 0 Å². The van der Waals surface area contributed by atoms with Gasteiger partial charge in [0.05, 0.1) is 11.7 Å². The van der Waals surface area contributed by atoms with Crippen LogP contribution in [0.2, 0.25) is 0 Å². The molecule has 4 heterocycles. The number of carbonyl (C=O) groups is 3. The SMILES string of the molecule is C=CC1=C(C)C(=O)NC1Cc1[nH]c(Cc2[nH]c3c(c2C)C(=O)C/C3=C2/N[C@H](C(=O)O)[C@@H](C)[C@@H]2CCC[O-])c(CC)c1C. The number of aliphatic carboxylic acids is 1. The van der Waals surface area contributed by atoms with E-state index in [1.807, 2.05) is 20.8 Å². The molecule has 0 spiro atoms. The van der Waals surface area contributed by atoms with Crippen LogP contribution in [0.3, 0.4) is 0 Å². The van der Waals surface area contributed by atoms with Crippen LogP contribution in [0.5, 0.6) is 0 Å². The van der Waals surface area contributed by atoms with Crippen LogP contribution in [-0.2, 0) is 28.9 Å². The Kier molecular flexibility index (Phi) is 8.07. The summed E-state index contributed by atoms with van der Waals surface area (Å²) in [4.78, 5) is 44.8. The standard InChI is InChI=1S/C33H41N4O5/c1-7-19-15(3)23(13-26-20(8-2)17(5)32(40)36-26)34-25(19)14-24-18(6)28-27(39)12-22(31(28)35-24)30-21(10-9-11-38)16(4)29(37-30)33(41)42/h8,16,21,26,29,34-35,37H,2,7,9-14H2,1,3-6H3,(H,36,40)(H,41,42)/q-1/b30-22-/t16-,21-,26?,29-/m0/s1. The number of ketones is 1. The number of Topliss-reactive ketones (excluding diaryl/α,β-unsaturated/α-hetero) is 1. The number of aromatic nitrogens is 2. The van der Waals surface area contributed by atoms with Crippen molar-refractivity contribution >= 4 is 23.2 Å². The van der Waals surface area contributed by atoms with Crippen molar-refractivity contribution < 1.29 is 24.6 Å². The number of fused-ring (bicyclic) bond motifs is 1. The Hall–Kier alpha value is -3.85. The van der Waals surface area contributed by atoms with Gasteiger partial charge < -0.3 is 30.8 Å². The smallest absolute Gasteiger partial charge is 0.326 e. The van der Waals surface area contributed by atoms with Crippen molar-refractivity contribution in [2.75, 3.05) is 6.61 Å². The topological polar surface area (TPSA) is 150 Å². The Balaban J connectivity index is 1.49. The highest BCUT2D eigenvalue weighted by Crippen LogP contribution is 2.44. The maximum Gasteiger partial charge on any atom is 0.326 e. The Labute approximate surface area is 246 Å². The highest BCUT2D eigenvalue weighted by atomic mass is 16.4. The highest BCUT2D eigenvalue weighted by Gasteiger charge is 2.44. The van der Waals surface area contributed by atoms with Crippen molar-refractivity contribution in [3.8, 4) is 0 Å². The fourth-order valence-electron chi connectivity index (χ4n) is 7.34. The van der Waals surface area contributed by atoms with E-state index in [1.54, 1.807) is 6.08 Å². The molecule has 42 heavy (non-hydrogen) atoms. The van der Waals surface area contributed by atoms with Gasteiger partial charge in [0.25, 0.3) is 0 Å². The molecule has 2 aliphatic heterocycles. The van der Waals surface area contributed by atoms with Crippen molar-refractivity contribution in [1.29, 1.82) is 0 Å². The molecule has 0 aromatic carbocycles. The van der Waals surface area contributed by atoms with Gasteiger partial charge in [-0.1, -0.05) is 32.9 Å². The number of amides is 1. The molecule has 0 radical (unpaired) electrons. The molecular weight excluding hydrogens is 532 g/mol. The minimum atomic E-state index is -0.925. The van der Waals surface area contributed by atoms with Crippen molar-refractivity contribution in [2.45, 2.75) is 85.2 Å². The second kappa shape index (κ2) is 11.4. The zero-order valence-corrected chi connectivity index (χ0v) is 25.1. The molecule has 224 valence electrons. The van der Waals surface area contributed by atoms with Gasteiger partial charge in [0.15, 0.2) is 5.78 Å². The molecule has 0 saturated carbocycles. The lowest BCUT2D eigenvalue weighted by atomic mass is 9.85. The normalized spacial score (nSPS) is 25.3. The minimum absolute atomic E-state index is 0.0264. The number of carbonyl (C=O) groups excluding carboxylic acids is 2. The van der Waals surface area contributed by atoms with Crippen LogP contribution >= 0.6 is 0 Å². The first-order chi connectivity index (χ1) is 20.0. The van der Waals surface area contributed by atoms with Crippen LogP contribution < -0.4 is 15.7 Å². The van der Waals surface area contributed by atoms with Gasteiger partial charge in [-0.2, -0.15) is 0 Å². The summed E-state index contributed by atoms with van der Waals surface area (Å²) >= 11 is 0. The van der Waals surface area contributed by atoms with Gasteiger partial charge in [0, 0.05) is 64.7 Å². The van der Waals surface area contributed by atoms with Crippen molar-refractivity contribution in [3.63, 3.8) is 0 Å². The predicted molar refractivity (Wildman–Crippen MR) is 159 cm³/mol. The Morgan fingerprint density at radius 2 is 1.83 bits per heavy atom. The lowest BCUT2D eigenvalue weighted by Gasteiger charge is -2.19. The van der Waals surface area contributed by atoms with Crippen molar-refractivity contribution in [3.05, 3.63) is 74.5 Å². The van der Waals surface area contributed by atoms with Crippen molar-refractivity contribution in [1.82, 2.24) is 20.6 Å². The summed E-state index contributed by atoms with van der Waals surface area (Å²) in [5.74, 6) is -1.26. The van der Waals surface area contributed by atoms with Crippen LogP contribution in [0.25, 0.3) is 5.57 Å². The van der Waals surface area contributed by atoms with Crippen LogP contribution in [0, 0.1) is 25.7 Å². The van der Waals surface area contributed by atoms with E-state index in [1.165, 1.54) is 11.1 Å². The molecule has 4 atom stereocenters. The largest absolute Gasteiger partial charge is 0.854 e. The number of aromatic amines is 2. The predicted octanol–water partition coefficient (Wildman–Crippen LogP) is 3.40. The monoisotopic (exact) mass is 573 g/mol. The third-order valence-corrected chi connectivity index (χ3v) is 9.73. The molecule has 1 unspecified atom stereocenters. The van der Waals surface area contributed by atoms with Gasteiger partial charge in [-0.25, -0.2) is 4.79 Å². The minimum Gasteiger partial charge on any atom is -0.854 e. The number of hydrogen-bond acceptors (Lipinski definition) is 5. The quantitative estimate of drug-likeness (QED) is 0.294. The van der Waals surface area contributed by atoms with Gasteiger partial charge in [0.1, 0.15) is 6.04 Å². The molecule has 1 aliphatic carbocycles. The summed E-state index contributed by atoms with van der Waals surface area (Å²) in [6, 6.07) is -0.880. The van der Waals surface area contributed by atoms with E-state index in [2.05, 4.69) is 41.0 Å². The van der Waals surface area contributed by atoms with E-state index in [0.717, 1.165) is 51.6 Å². The number of H-pyrrole nitrogens is 2. The number of carboxylic acids is 1. The molecule has 5 N–H and O–H groups in total. The Morgan fingerprint density at radius 1 is 1.10 bits per heavy atom. The molecule has 1 fully saturated rings. The first-order valence-electron chi connectivity index (χ1n) is 14.9. The maximum atomic E-state index is 13.3. The zero-order chi connectivity index (χ0) is 30.5. The first-order valence-corrected chi connectivity index (χ1v) is 14.9. The third-order valence-electron chi connectivity index (χ3n) is 9.73. The van der Waals surface area contributed by atoms with E-state index in [9.17, 15) is 24.6 Å². The van der Waals surface area contributed by atoms with E-state index >= 15 is 0 Å². The second-order valence-electron chi connectivity index (χ2n) is 12.0. The highest BCUT2D eigenvalue weighted by molar-refractivity contribution is 6.13. The summed E-state index contributed by atoms with van der Waals surface area (Å²) in [7, 11) is 0. The summed E-state index contributed by atoms with van der Waals surface area (Å²) in [5, 5.41) is 27.4. The van der Waals surface area contributed by atoms with Gasteiger partial charge in [-0.05, 0) is 61.8 Å². The molecule has 9 heteroatoms. The molecule has 9 nitrogen and oxygen atoms in total. The van der Waals surface area contributed by atoms with E-state index in [0.29, 0.717) is 36.8 Å². The van der Waals surface area contributed by atoms with E-state index in [-0.39, 0.29) is 42.6 Å². The molecule has 2 aromatic rings. The summed E-state index contributed by atoms with van der Waals surface area (Å²) < 4.78 is 0. The number of rotatable bonds is 10. The number of allylic oxidation sites excluding steroid dienone is 2. The summed E-state index contributed by atoms with van der Waals surface area (Å²) in [6.45, 7) is 13.6. The molecule has 0 bridgehead atoms. The second-order valence-corrected chi connectivity index (χ2v) is 12.0. The van der Waals surface area contributed by atoms with Crippen LogP contribution in [0.15, 0.2) is 29.5 Å². The maximum absolute atomic E-state index is 13.3. The van der Waals surface area contributed by atoms with Crippen LogP contribution in [0.4, 0.5) is 0 Å². The average Bonchev–Trinajstić information content (AvgIpc) is 3.70. The van der Waals surface area contributed by atoms with Gasteiger partial charge >= 0.3 is 5.97 Å². The number of carboxylic acid groups (broad SMARTS) is 1. The summed E-state index contributed by atoms with van der Waals surface area (Å²) in [6.07, 6.45) is 5.08. The first kappa shape index (κ1) is 29.6. The zero-order valence-electron chi connectivity index (χ0n) is 25.1. The van der Waals surface area contributed by atoms with Crippen LogP contribution in [-0.4, -0.2) is 51.4 Å². The van der Waals surface area contributed by atoms with E-state index < -0.39 is 12.0 Å². The molecule has 1 amide bonds. The molecule has 1 saturated heterocycles. The molecule has 2 aromatic heterocycles. The fourth-order valence-corrected chi connectivity index (χ4v) is 7.34. The fraction of sp³-hybridized carbons (Fsp3) is 0.485. The van der Waals surface area contributed by atoms with Crippen LogP contribution in [0.1, 0.15) is 89.9 Å². The Morgan fingerprint density at radius 3 is 2.48 bits per heavy atom. The summed E-state index contributed by atoms with van der Waals surface area (Å²) in [5.41, 5.74) is 11.1. The third kappa shape index (κ3) is 4.83. The van der Waals surface area contributed by atoms with Gasteiger partial charge in [-0.3, -0.25) is 9.59 Å². The lowest BCUT2D eigenvalue weighted by Crippen LogP contribution is -2.34. The number of nitrogens with one attached hydrogen (secondary N) is 4. The molecule has 5 rings (SSSR count). The average molecular weight is 574 g/mol. The molecular formula is C33H41N4O5-. The van der Waals surface area contributed by atoms with Gasteiger partial charge in [-0.15, -0.1) is 6.61 Å². The number of hydrogen-bond donors (Lipinski definition) is 5. The van der Waals surface area contributed by atoms with Gasteiger partial charge in [0.2, 0.25) is 5.91 Å².